The third-order valence-corrected chi connectivity index (χ3v) is 4.86. The van der Waals surface area contributed by atoms with Gasteiger partial charge in [-0.15, -0.1) is 0 Å². The Hall–Kier alpha value is -1.88. The van der Waals surface area contributed by atoms with Crippen molar-refractivity contribution in [3.63, 3.8) is 0 Å². The summed E-state index contributed by atoms with van der Waals surface area (Å²) in [5.74, 6) is 0.00210. The summed E-state index contributed by atoms with van der Waals surface area (Å²) in [6.07, 6.45) is -0.510. The van der Waals surface area contributed by atoms with Gasteiger partial charge in [-0.2, -0.15) is 0 Å². The summed E-state index contributed by atoms with van der Waals surface area (Å²) >= 11 is 0. The number of imide groups is 1. The van der Waals surface area contributed by atoms with Crippen LogP contribution in [0, 0.1) is 11.8 Å². The fraction of sp³-hybridized carbons (Fsp3) is 0.579. The zero-order valence-electron chi connectivity index (χ0n) is 14.9. The van der Waals surface area contributed by atoms with Gasteiger partial charge < -0.3 is 4.74 Å². The van der Waals surface area contributed by atoms with Crippen LogP contribution in [0.5, 0.6) is 0 Å². The highest BCUT2D eigenvalue weighted by Gasteiger charge is 2.53. The highest BCUT2D eigenvalue weighted by Crippen LogP contribution is 2.38. The number of carbonyl (C=O) groups is 2. The minimum absolute atomic E-state index is 0.0858. The van der Waals surface area contributed by atoms with Gasteiger partial charge in [-0.05, 0) is 33.3 Å². The van der Waals surface area contributed by atoms with E-state index in [4.69, 9.17) is 4.74 Å². The van der Waals surface area contributed by atoms with E-state index in [1.165, 1.54) is 10.5 Å². The average molecular weight is 330 g/mol. The maximum Gasteiger partial charge on any atom is 0.417 e. The van der Waals surface area contributed by atoms with Crippen LogP contribution >= 0.6 is 0 Å². The molecule has 2 amide bonds. The second-order valence-corrected chi connectivity index (χ2v) is 7.88. The normalized spacial score (nSPS) is 27.4. The number of benzene rings is 1. The zero-order valence-corrected chi connectivity index (χ0v) is 14.9. The molecule has 0 spiro atoms. The molecular weight excluding hydrogens is 304 g/mol. The second kappa shape index (κ2) is 6.20. The van der Waals surface area contributed by atoms with E-state index in [1.807, 2.05) is 45.9 Å². The molecule has 0 aromatic heterocycles. The zero-order chi connectivity index (χ0) is 17.5. The lowest BCUT2D eigenvalue weighted by atomic mass is 9.95. The molecule has 5 nitrogen and oxygen atoms in total. The van der Waals surface area contributed by atoms with Crippen LogP contribution in [0.1, 0.15) is 33.3 Å². The van der Waals surface area contributed by atoms with Gasteiger partial charge in [0.05, 0.1) is 5.92 Å². The number of rotatable bonds is 2. The van der Waals surface area contributed by atoms with Crippen molar-refractivity contribution in [3.8, 4) is 0 Å². The third kappa shape index (κ3) is 3.31. The van der Waals surface area contributed by atoms with E-state index < -0.39 is 11.7 Å². The molecule has 2 heterocycles. The lowest BCUT2D eigenvalue weighted by molar-refractivity contribution is -0.131. The van der Waals surface area contributed by atoms with Crippen molar-refractivity contribution >= 4 is 12.0 Å². The maximum absolute atomic E-state index is 12.7. The topological polar surface area (TPSA) is 49.9 Å². The van der Waals surface area contributed by atoms with E-state index in [9.17, 15) is 9.59 Å². The van der Waals surface area contributed by atoms with Gasteiger partial charge in [-0.1, -0.05) is 30.3 Å². The van der Waals surface area contributed by atoms with Crippen molar-refractivity contribution < 1.29 is 14.3 Å². The summed E-state index contributed by atoms with van der Waals surface area (Å²) in [4.78, 5) is 28.7. The van der Waals surface area contributed by atoms with Crippen LogP contribution in [-0.2, 0) is 16.1 Å². The molecule has 130 valence electrons. The predicted molar refractivity (Wildman–Crippen MR) is 91.2 cm³/mol. The molecule has 2 aliphatic heterocycles. The molecule has 1 aromatic rings. The number of fused-ring (bicyclic) bond motifs is 1. The lowest BCUT2D eigenvalue weighted by Gasteiger charge is -2.28. The quantitative estimate of drug-likeness (QED) is 0.837. The first-order chi connectivity index (χ1) is 11.3. The molecule has 0 unspecified atom stereocenters. The van der Waals surface area contributed by atoms with Gasteiger partial charge in [0.15, 0.2) is 0 Å². The van der Waals surface area contributed by atoms with Crippen LogP contribution in [0.25, 0.3) is 0 Å². The molecule has 5 heteroatoms. The van der Waals surface area contributed by atoms with Gasteiger partial charge >= 0.3 is 6.09 Å². The molecule has 3 rings (SSSR count). The van der Waals surface area contributed by atoms with Crippen molar-refractivity contribution in [1.29, 1.82) is 0 Å². The van der Waals surface area contributed by atoms with Gasteiger partial charge in [0.25, 0.3) is 0 Å². The number of ether oxygens (including phenoxy) is 1. The van der Waals surface area contributed by atoms with E-state index in [0.717, 1.165) is 13.1 Å². The minimum atomic E-state index is -0.589. The van der Waals surface area contributed by atoms with Crippen LogP contribution in [0.3, 0.4) is 0 Å². The Kier molecular flexibility index (Phi) is 4.38. The molecule has 2 fully saturated rings. The number of carbonyl (C=O) groups excluding carboxylic acids is 2. The molecule has 2 aliphatic rings. The fourth-order valence-corrected chi connectivity index (χ4v) is 3.77. The molecule has 1 aromatic carbocycles. The summed E-state index contributed by atoms with van der Waals surface area (Å²) in [6.45, 7) is 9.81. The van der Waals surface area contributed by atoms with E-state index in [-0.39, 0.29) is 23.8 Å². The molecule has 0 aliphatic carbocycles. The maximum atomic E-state index is 12.7. The van der Waals surface area contributed by atoms with Crippen molar-refractivity contribution in [2.24, 2.45) is 11.8 Å². The van der Waals surface area contributed by atoms with Crippen molar-refractivity contribution in [2.75, 3.05) is 13.1 Å². The molecule has 3 atom stereocenters. The standard InChI is InChI=1S/C19H26N2O3/c1-13-15-11-20(10-14-8-6-5-7-9-14)12-16(15)17(22)21(13)18(23)24-19(2,3)4/h5-9,13,15-16H,10-12H2,1-4H3/t13-,15-,16-/m0/s1. The van der Waals surface area contributed by atoms with E-state index >= 15 is 0 Å². The molecular formula is C19H26N2O3. The smallest absolute Gasteiger partial charge is 0.417 e. The van der Waals surface area contributed by atoms with Crippen LogP contribution in [0.2, 0.25) is 0 Å². The number of nitrogens with zero attached hydrogens (tertiary/aromatic N) is 2. The molecule has 0 bridgehead atoms. The first kappa shape index (κ1) is 17.0. The highest BCUT2D eigenvalue weighted by atomic mass is 16.6. The Bertz CT molecular complexity index is 623. The predicted octanol–water partition coefficient (Wildman–Crippen LogP) is 2.90. The molecule has 24 heavy (non-hydrogen) atoms. The SMILES string of the molecule is C[C@H]1[C@@H]2CN(Cc3ccccc3)C[C@@H]2C(=O)N1C(=O)OC(C)(C)C. The van der Waals surface area contributed by atoms with E-state index in [1.54, 1.807) is 0 Å². The van der Waals surface area contributed by atoms with Crippen molar-refractivity contribution in [3.05, 3.63) is 35.9 Å². The summed E-state index contributed by atoms with van der Waals surface area (Å²) in [7, 11) is 0. The Labute approximate surface area is 143 Å². The number of likely N-dealkylation sites (tertiary alicyclic amines) is 2. The monoisotopic (exact) mass is 330 g/mol. The summed E-state index contributed by atoms with van der Waals surface area (Å²) in [5, 5.41) is 0. The number of hydrogen-bond acceptors (Lipinski definition) is 4. The molecule has 0 saturated carbocycles. The van der Waals surface area contributed by atoms with Crippen LogP contribution in [-0.4, -0.2) is 46.5 Å². The molecule has 0 radical (unpaired) electrons. The average Bonchev–Trinajstić information content (AvgIpc) is 2.98. The van der Waals surface area contributed by atoms with Crippen molar-refractivity contribution in [2.45, 2.75) is 45.9 Å². The Morgan fingerprint density at radius 3 is 2.46 bits per heavy atom. The first-order valence-corrected chi connectivity index (χ1v) is 8.58. The van der Waals surface area contributed by atoms with Gasteiger partial charge in [0.2, 0.25) is 5.91 Å². The second-order valence-electron chi connectivity index (χ2n) is 7.88. The Morgan fingerprint density at radius 1 is 1.21 bits per heavy atom. The summed E-state index contributed by atoms with van der Waals surface area (Å²) in [6, 6.07) is 10.2. The van der Waals surface area contributed by atoms with Crippen LogP contribution < -0.4 is 0 Å². The minimum Gasteiger partial charge on any atom is -0.443 e. The van der Waals surface area contributed by atoms with Gasteiger partial charge in [0.1, 0.15) is 5.60 Å². The van der Waals surface area contributed by atoms with Crippen molar-refractivity contribution in [1.82, 2.24) is 9.80 Å². The first-order valence-electron chi connectivity index (χ1n) is 8.58. The van der Waals surface area contributed by atoms with Gasteiger partial charge in [-0.3, -0.25) is 9.69 Å². The molecule has 2 saturated heterocycles. The Balaban J connectivity index is 1.66. The number of hydrogen-bond donors (Lipinski definition) is 0. The fourth-order valence-electron chi connectivity index (χ4n) is 3.77. The summed E-state index contributed by atoms with van der Waals surface area (Å²) in [5.41, 5.74) is 0.662. The highest BCUT2D eigenvalue weighted by molar-refractivity contribution is 5.96. The Morgan fingerprint density at radius 2 is 1.88 bits per heavy atom. The van der Waals surface area contributed by atoms with E-state index in [2.05, 4.69) is 17.0 Å². The van der Waals surface area contributed by atoms with Crippen LogP contribution in [0.15, 0.2) is 30.3 Å². The number of amides is 2. The summed E-state index contributed by atoms with van der Waals surface area (Å²) < 4.78 is 5.40. The third-order valence-electron chi connectivity index (χ3n) is 4.86. The largest absolute Gasteiger partial charge is 0.443 e. The lowest BCUT2D eigenvalue weighted by Crippen LogP contribution is -2.44. The van der Waals surface area contributed by atoms with Gasteiger partial charge in [-0.25, -0.2) is 9.69 Å². The van der Waals surface area contributed by atoms with Crippen LogP contribution in [0.4, 0.5) is 4.79 Å². The van der Waals surface area contributed by atoms with E-state index in [0.29, 0.717) is 6.54 Å². The molecule has 0 N–H and O–H groups in total. The van der Waals surface area contributed by atoms with Gasteiger partial charge in [0, 0.05) is 31.6 Å².